The molecule has 0 aliphatic carbocycles. The SMILES string of the molecule is CCCC(=O)O.c1ccc2[nH]cnc2c1. The van der Waals surface area contributed by atoms with Gasteiger partial charge in [-0.2, -0.15) is 0 Å². The van der Waals surface area contributed by atoms with E-state index in [0.717, 1.165) is 17.5 Å². The molecule has 0 fully saturated rings. The summed E-state index contributed by atoms with van der Waals surface area (Å²) in [5, 5.41) is 7.91. The number of carbonyl (C=O) groups is 1. The van der Waals surface area contributed by atoms with Gasteiger partial charge in [0.25, 0.3) is 0 Å². The number of imidazole rings is 1. The van der Waals surface area contributed by atoms with Crippen molar-refractivity contribution in [3.63, 3.8) is 0 Å². The Balaban J connectivity index is 0.000000167. The van der Waals surface area contributed by atoms with Crippen LogP contribution < -0.4 is 0 Å². The number of hydrogen-bond donors (Lipinski definition) is 2. The van der Waals surface area contributed by atoms with E-state index in [1.54, 1.807) is 6.33 Å². The summed E-state index contributed by atoms with van der Waals surface area (Å²) >= 11 is 0. The lowest BCUT2D eigenvalue weighted by Gasteiger charge is -1.81. The third kappa shape index (κ3) is 3.81. The quantitative estimate of drug-likeness (QED) is 0.793. The third-order valence-electron chi connectivity index (χ3n) is 1.79. The first kappa shape index (κ1) is 11.2. The molecule has 0 saturated carbocycles. The molecule has 0 spiro atoms. The predicted octanol–water partition coefficient (Wildman–Crippen LogP) is 2.43. The van der Waals surface area contributed by atoms with Gasteiger partial charge in [0.1, 0.15) is 0 Å². The summed E-state index contributed by atoms with van der Waals surface area (Å²) in [7, 11) is 0. The average Bonchev–Trinajstić information content (AvgIpc) is 2.65. The second-order valence-electron chi connectivity index (χ2n) is 3.06. The molecule has 2 rings (SSSR count). The van der Waals surface area contributed by atoms with E-state index in [1.165, 1.54) is 0 Å². The van der Waals surface area contributed by atoms with Gasteiger partial charge in [0.15, 0.2) is 0 Å². The Labute approximate surface area is 88.0 Å². The number of benzene rings is 1. The van der Waals surface area contributed by atoms with Crippen LogP contribution in [0, 0.1) is 0 Å². The second-order valence-corrected chi connectivity index (χ2v) is 3.06. The number of carboxylic acids is 1. The van der Waals surface area contributed by atoms with E-state index in [2.05, 4.69) is 9.97 Å². The molecule has 0 amide bonds. The minimum atomic E-state index is -0.711. The Morgan fingerprint density at radius 1 is 1.47 bits per heavy atom. The normalized spacial score (nSPS) is 9.40. The van der Waals surface area contributed by atoms with Crippen LogP contribution in [0.3, 0.4) is 0 Å². The van der Waals surface area contributed by atoms with E-state index in [-0.39, 0.29) is 0 Å². The van der Waals surface area contributed by atoms with Gasteiger partial charge in [-0.15, -0.1) is 0 Å². The van der Waals surface area contributed by atoms with Crippen LogP contribution in [0.4, 0.5) is 0 Å². The fourth-order valence-electron chi connectivity index (χ4n) is 1.09. The number of H-pyrrole nitrogens is 1. The summed E-state index contributed by atoms with van der Waals surface area (Å²) in [4.78, 5) is 16.7. The Morgan fingerprint density at radius 3 is 2.73 bits per heavy atom. The van der Waals surface area contributed by atoms with E-state index < -0.39 is 5.97 Å². The zero-order chi connectivity index (χ0) is 11.1. The van der Waals surface area contributed by atoms with Gasteiger partial charge in [0.2, 0.25) is 0 Å². The van der Waals surface area contributed by atoms with Crippen molar-refractivity contribution in [1.29, 1.82) is 0 Å². The van der Waals surface area contributed by atoms with Crippen LogP contribution in [0.25, 0.3) is 11.0 Å². The molecular weight excluding hydrogens is 192 g/mol. The number of rotatable bonds is 2. The number of carboxylic acid groups (broad SMARTS) is 1. The molecule has 1 aromatic heterocycles. The predicted molar refractivity (Wildman–Crippen MR) is 58.6 cm³/mol. The summed E-state index contributed by atoms with van der Waals surface area (Å²) in [5.41, 5.74) is 2.12. The molecule has 0 atom stereocenters. The standard InChI is InChI=1S/C7H6N2.C4H8O2/c1-2-4-7-6(3-1)8-5-9-7;1-2-3-4(5)6/h1-5H,(H,8,9);2-3H2,1H3,(H,5,6). The zero-order valence-electron chi connectivity index (χ0n) is 8.60. The number of para-hydroxylation sites is 2. The molecule has 0 saturated heterocycles. The Bertz CT molecular complexity index is 393. The third-order valence-corrected chi connectivity index (χ3v) is 1.79. The summed E-state index contributed by atoms with van der Waals surface area (Å²) in [6.45, 7) is 1.84. The molecule has 1 heterocycles. The molecule has 0 aliphatic rings. The summed E-state index contributed by atoms with van der Waals surface area (Å²) in [5.74, 6) is -0.711. The van der Waals surface area contributed by atoms with Gasteiger partial charge >= 0.3 is 5.97 Å². The molecule has 15 heavy (non-hydrogen) atoms. The maximum Gasteiger partial charge on any atom is 0.303 e. The van der Waals surface area contributed by atoms with E-state index in [0.29, 0.717) is 6.42 Å². The molecular formula is C11H14N2O2. The van der Waals surface area contributed by atoms with Gasteiger partial charge in [-0.25, -0.2) is 4.98 Å². The van der Waals surface area contributed by atoms with Crippen molar-refractivity contribution < 1.29 is 9.90 Å². The summed E-state index contributed by atoms with van der Waals surface area (Å²) in [6.07, 6.45) is 2.72. The van der Waals surface area contributed by atoms with Crippen LogP contribution in [0.5, 0.6) is 0 Å². The summed E-state index contributed by atoms with van der Waals surface area (Å²) < 4.78 is 0. The van der Waals surface area contributed by atoms with Crippen molar-refractivity contribution in [1.82, 2.24) is 9.97 Å². The lowest BCUT2D eigenvalue weighted by atomic mass is 10.3. The monoisotopic (exact) mass is 206 g/mol. The first-order valence-corrected chi connectivity index (χ1v) is 4.84. The smallest absolute Gasteiger partial charge is 0.303 e. The van der Waals surface area contributed by atoms with Gasteiger partial charge in [-0.1, -0.05) is 19.1 Å². The van der Waals surface area contributed by atoms with Crippen LogP contribution in [-0.2, 0) is 4.79 Å². The highest BCUT2D eigenvalue weighted by molar-refractivity contribution is 5.73. The number of aromatic amines is 1. The van der Waals surface area contributed by atoms with E-state index in [9.17, 15) is 4.79 Å². The highest BCUT2D eigenvalue weighted by atomic mass is 16.4. The molecule has 2 N–H and O–H groups in total. The van der Waals surface area contributed by atoms with Crippen molar-refractivity contribution in [3.05, 3.63) is 30.6 Å². The number of hydrogen-bond acceptors (Lipinski definition) is 2. The minimum Gasteiger partial charge on any atom is -0.481 e. The Hall–Kier alpha value is -1.84. The molecule has 4 heteroatoms. The van der Waals surface area contributed by atoms with Crippen molar-refractivity contribution in [3.8, 4) is 0 Å². The molecule has 2 aromatic rings. The largest absolute Gasteiger partial charge is 0.481 e. The molecule has 1 aromatic carbocycles. The van der Waals surface area contributed by atoms with E-state index >= 15 is 0 Å². The lowest BCUT2D eigenvalue weighted by Crippen LogP contribution is -1.90. The number of fused-ring (bicyclic) bond motifs is 1. The molecule has 0 radical (unpaired) electrons. The van der Waals surface area contributed by atoms with Crippen LogP contribution in [0.2, 0.25) is 0 Å². The minimum absolute atomic E-state index is 0.292. The molecule has 80 valence electrons. The van der Waals surface area contributed by atoms with Gasteiger partial charge < -0.3 is 10.1 Å². The number of nitrogens with zero attached hydrogens (tertiary/aromatic N) is 1. The topological polar surface area (TPSA) is 66.0 Å². The first-order valence-electron chi connectivity index (χ1n) is 4.84. The van der Waals surface area contributed by atoms with Crippen molar-refractivity contribution in [2.45, 2.75) is 19.8 Å². The fourth-order valence-corrected chi connectivity index (χ4v) is 1.09. The number of aromatic nitrogens is 2. The van der Waals surface area contributed by atoms with Crippen molar-refractivity contribution >= 4 is 17.0 Å². The van der Waals surface area contributed by atoms with Crippen LogP contribution in [0.1, 0.15) is 19.8 Å². The zero-order valence-corrected chi connectivity index (χ0v) is 8.60. The van der Waals surface area contributed by atoms with E-state index in [4.69, 9.17) is 5.11 Å². The average molecular weight is 206 g/mol. The maximum atomic E-state index is 9.60. The Kier molecular flexibility index (Phi) is 4.34. The Morgan fingerprint density at radius 2 is 2.20 bits per heavy atom. The van der Waals surface area contributed by atoms with Gasteiger partial charge in [-0.3, -0.25) is 4.79 Å². The molecule has 0 unspecified atom stereocenters. The number of aliphatic carboxylic acids is 1. The van der Waals surface area contributed by atoms with Crippen LogP contribution >= 0.6 is 0 Å². The summed E-state index contributed by atoms with van der Waals surface area (Å²) in [6, 6.07) is 7.94. The molecule has 0 bridgehead atoms. The highest BCUT2D eigenvalue weighted by Gasteiger charge is 1.88. The van der Waals surface area contributed by atoms with Crippen LogP contribution in [0.15, 0.2) is 30.6 Å². The van der Waals surface area contributed by atoms with Crippen molar-refractivity contribution in [2.75, 3.05) is 0 Å². The highest BCUT2D eigenvalue weighted by Crippen LogP contribution is 2.05. The number of nitrogens with one attached hydrogen (secondary N) is 1. The van der Waals surface area contributed by atoms with Crippen LogP contribution in [-0.4, -0.2) is 21.0 Å². The van der Waals surface area contributed by atoms with Gasteiger partial charge in [0.05, 0.1) is 17.4 Å². The van der Waals surface area contributed by atoms with Gasteiger partial charge in [-0.05, 0) is 18.6 Å². The molecule has 4 nitrogen and oxygen atoms in total. The molecule has 0 aliphatic heterocycles. The lowest BCUT2D eigenvalue weighted by molar-refractivity contribution is -0.137. The second kappa shape index (κ2) is 5.80. The fraction of sp³-hybridized carbons (Fsp3) is 0.273. The first-order chi connectivity index (χ1) is 7.24. The van der Waals surface area contributed by atoms with Gasteiger partial charge in [0, 0.05) is 6.42 Å². The van der Waals surface area contributed by atoms with E-state index in [1.807, 2.05) is 31.2 Å². The van der Waals surface area contributed by atoms with Crippen molar-refractivity contribution in [2.24, 2.45) is 0 Å². The maximum absolute atomic E-state index is 9.60.